The van der Waals surface area contributed by atoms with E-state index in [-0.39, 0.29) is 18.1 Å². The molecule has 2 aromatic carbocycles. The second kappa shape index (κ2) is 11.5. The first-order chi connectivity index (χ1) is 17.9. The maximum Gasteiger partial charge on any atom is 0.325 e. The number of thioether (sulfide) groups is 1. The van der Waals surface area contributed by atoms with Crippen LogP contribution in [0.3, 0.4) is 0 Å². The molecule has 0 aliphatic heterocycles. The molecular weight excluding hydrogens is 500 g/mol. The Bertz CT molecular complexity index is 1500. The van der Waals surface area contributed by atoms with E-state index in [2.05, 4.69) is 25.5 Å². The van der Waals surface area contributed by atoms with Crippen molar-refractivity contribution >= 4 is 23.4 Å². The molecule has 37 heavy (non-hydrogen) atoms. The Labute approximate surface area is 215 Å². The minimum atomic E-state index is -0.616. The van der Waals surface area contributed by atoms with Crippen LogP contribution in [0.5, 0.6) is 17.2 Å². The Morgan fingerprint density at radius 3 is 2.49 bits per heavy atom. The quantitative estimate of drug-likeness (QED) is 0.264. The molecule has 0 spiro atoms. The van der Waals surface area contributed by atoms with E-state index in [4.69, 9.17) is 14.2 Å². The Kier molecular flexibility index (Phi) is 7.93. The van der Waals surface area contributed by atoms with E-state index in [1.807, 2.05) is 12.1 Å². The van der Waals surface area contributed by atoms with Gasteiger partial charge in [0.1, 0.15) is 23.1 Å². The molecule has 4 rings (SSSR count). The topological polar surface area (TPSA) is 153 Å². The van der Waals surface area contributed by atoms with Gasteiger partial charge in [-0.25, -0.2) is 4.79 Å². The number of aromatic nitrogens is 5. The number of nitrogens with one attached hydrogen (secondary N) is 3. The molecule has 1 amide bonds. The minimum absolute atomic E-state index is 0.0182. The minimum Gasteiger partial charge on any atom is -0.497 e. The van der Waals surface area contributed by atoms with E-state index in [0.29, 0.717) is 45.3 Å². The van der Waals surface area contributed by atoms with Gasteiger partial charge in [-0.1, -0.05) is 17.8 Å². The number of anilines is 1. The monoisotopic (exact) mass is 524 g/mol. The predicted octanol–water partition coefficient (Wildman–Crippen LogP) is 1.99. The summed E-state index contributed by atoms with van der Waals surface area (Å²) < 4.78 is 17.6. The number of hydrogen-bond donors (Lipinski definition) is 3. The van der Waals surface area contributed by atoms with Gasteiger partial charge in [-0.3, -0.25) is 19.1 Å². The first-order valence-corrected chi connectivity index (χ1v) is 11.9. The summed E-state index contributed by atoms with van der Waals surface area (Å²) in [7, 11) is 4.60. The summed E-state index contributed by atoms with van der Waals surface area (Å²) in [4.78, 5) is 41.0. The van der Waals surface area contributed by atoms with E-state index in [1.54, 1.807) is 42.0 Å². The van der Waals surface area contributed by atoms with E-state index < -0.39 is 11.2 Å². The normalized spacial score (nSPS) is 10.7. The van der Waals surface area contributed by atoms with Crippen LogP contribution in [0.2, 0.25) is 0 Å². The van der Waals surface area contributed by atoms with Gasteiger partial charge < -0.3 is 24.5 Å². The standard InChI is InChI=1S/C24H24N6O6S/c1-34-16-6-4-5-15(11-16)30-20(9-14-10-21(31)27-23(33)25-14)28-29-24(30)37-13-22(32)26-18-12-17(35-2)7-8-19(18)36-3/h4-8,10-12H,9,13H2,1-3H3,(H,26,32)(H2,25,27,31,33). The molecule has 2 aromatic heterocycles. The van der Waals surface area contributed by atoms with Crippen molar-refractivity contribution in [2.45, 2.75) is 11.6 Å². The van der Waals surface area contributed by atoms with Crippen LogP contribution in [0.1, 0.15) is 11.5 Å². The third kappa shape index (κ3) is 6.19. The predicted molar refractivity (Wildman–Crippen MR) is 137 cm³/mol. The lowest BCUT2D eigenvalue weighted by Crippen LogP contribution is -2.23. The zero-order valence-electron chi connectivity index (χ0n) is 20.2. The maximum atomic E-state index is 12.8. The third-order valence-electron chi connectivity index (χ3n) is 5.19. The molecule has 0 aliphatic carbocycles. The Hall–Kier alpha value is -4.52. The number of rotatable bonds is 10. The number of carbonyl (C=O) groups excluding carboxylic acids is 1. The van der Waals surface area contributed by atoms with Gasteiger partial charge >= 0.3 is 5.69 Å². The van der Waals surface area contributed by atoms with Gasteiger partial charge in [-0.15, -0.1) is 10.2 Å². The number of ether oxygens (including phenoxy) is 3. The van der Waals surface area contributed by atoms with Gasteiger partial charge in [-0.05, 0) is 24.3 Å². The van der Waals surface area contributed by atoms with Crippen molar-refractivity contribution in [3.63, 3.8) is 0 Å². The van der Waals surface area contributed by atoms with E-state index in [1.165, 1.54) is 32.0 Å². The lowest BCUT2D eigenvalue weighted by atomic mass is 10.2. The van der Waals surface area contributed by atoms with E-state index in [0.717, 1.165) is 0 Å². The van der Waals surface area contributed by atoms with Crippen LogP contribution in [0, 0.1) is 0 Å². The molecule has 0 radical (unpaired) electrons. The van der Waals surface area contributed by atoms with Gasteiger partial charge in [0.2, 0.25) is 5.91 Å². The van der Waals surface area contributed by atoms with E-state index >= 15 is 0 Å². The lowest BCUT2D eigenvalue weighted by molar-refractivity contribution is -0.113. The van der Waals surface area contributed by atoms with Gasteiger partial charge in [-0.2, -0.15) is 0 Å². The van der Waals surface area contributed by atoms with Crippen molar-refractivity contribution < 1.29 is 19.0 Å². The average molecular weight is 525 g/mol. The highest BCUT2D eigenvalue weighted by atomic mass is 32.2. The number of H-pyrrole nitrogens is 2. The van der Waals surface area contributed by atoms with Crippen LogP contribution in [-0.2, 0) is 11.2 Å². The summed E-state index contributed by atoms with van der Waals surface area (Å²) >= 11 is 1.17. The highest BCUT2D eigenvalue weighted by Gasteiger charge is 2.18. The van der Waals surface area contributed by atoms with Crippen LogP contribution in [0.4, 0.5) is 5.69 Å². The van der Waals surface area contributed by atoms with Gasteiger partial charge in [0.25, 0.3) is 5.56 Å². The Morgan fingerprint density at radius 2 is 1.76 bits per heavy atom. The number of carbonyl (C=O) groups is 1. The fourth-order valence-electron chi connectivity index (χ4n) is 3.53. The fraction of sp³-hybridized carbons (Fsp3) is 0.208. The summed E-state index contributed by atoms with van der Waals surface area (Å²) in [6.45, 7) is 0. The highest BCUT2D eigenvalue weighted by Crippen LogP contribution is 2.30. The second-order valence-corrected chi connectivity index (χ2v) is 8.57. The van der Waals surface area contributed by atoms with Crippen molar-refractivity contribution in [1.82, 2.24) is 24.7 Å². The summed E-state index contributed by atoms with van der Waals surface area (Å²) in [6.07, 6.45) is 0.122. The van der Waals surface area contributed by atoms with Gasteiger partial charge in [0.15, 0.2) is 5.16 Å². The summed E-state index contributed by atoms with van der Waals surface area (Å²) in [6, 6.07) is 13.6. The Morgan fingerprint density at radius 1 is 0.973 bits per heavy atom. The molecule has 4 aromatic rings. The first-order valence-electron chi connectivity index (χ1n) is 11.0. The number of amides is 1. The molecule has 13 heteroatoms. The molecule has 0 fully saturated rings. The molecule has 0 aliphatic rings. The van der Waals surface area contributed by atoms with Crippen molar-refractivity contribution in [3.8, 4) is 22.9 Å². The van der Waals surface area contributed by atoms with Crippen LogP contribution in [0.15, 0.2) is 63.3 Å². The number of nitrogens with zero attached hydrogens (tertiary/aromatic N) is 3. The first kappa shape index (κ1) is 25.6. The molecular formula is C24H24N6O6S. The van der Waals surface area contributed by atoms with Gasteiger partial charge in [0.05, 0.1) is 38.5 Å². The summed E-state index contributed by atoms with van der Waals surface area (Å²) in [5, 5.41) is 11.8. The van der Waals surface area contributed by atoms with Crippen molar-refractivity contribution in [2.75, 3.05) is 32.4 Å². The van der Waals surface area contributed by atoms with Gasteiger partial charge in [0, 0.05) is 30.3 Å². The van der Waals surface area contributed by atoms with Crippen LogP contribution < -0.4 is 30.8 Å². The molecule has 0 atom stereocenters. The average Bonchev–Trinajstić information content (AvgIpc) is 3.29. The fourth-order valence-corrected chi connectivity index (χ4v) is 4.30. The van der Waals surface area contributed by atoms with Crippen LogP contribution in [0.25, 0.3) is 5.69 Å². The molecule has 0 unspecified atom stereocenters. The third-order valence-corrected chi connectivity index (χ3v) is 6.12. The maximum absolute atomic E-state index is 12.8. The smallest absolute Gasteiger partial charge is 0.325 e. The molecule has 12 nitrogen and oxygen atoms in total. The number of hydrogen-bond acceptors (Lipinski definition) is 9. The molecule has 2 heterocycles. The second-order valence-electron chi connectivity index (χ2n) is 7.63. The lowest BCUT2D eigenvalue weighted by Gasteiger charge is -2.13. The summed E-state index contributed by atoms with van der Waals surface area (Å²) in [5.74, 6) is 1.85. The largest absolute Gasteiger partial charge is 0.497 e. The van der Waals surface area contributed by atoms with Crippen LogP contribution >= 0.6 is 11.8 Å². The summed E-state index contributed by atoms with van der Waals surface area (Å²) in [5.41, 5.74) is 0.383. The van der Waals surface area contributed by atoms with Crippen molar-refractivity contribution in [3.05, 3.63) is 80.9 Å². The zero-order valence-corrected chi connectivity index (χ0v) is 21.0. The zero-order chi connectivity index (χ0) is 26.4. The molecule has 0 saturated carbocycles. The van der Waals surface area contributed by atoms with Crippen LogP contribution in [-0.4, -0.2) is 57.7 Å². The SMILES string of the molecule is COc1cccc(-n2c(Cc3cc(=O)[nH]c(=O)[nH]3)nnc2SCC(=O)Nc2cc(OC)ccc2OC)c1. The van der Waals surface area contributed by atoms with Crippen molar-refractivity contribution in [1.29, 1.82) is 0 Å². The number of methoxy groups -OCH3 is 3. The van der Waals surface area contributed by atoms with E-state index in [9.17, 15) is 14.4 Å². The van der Waals surface area contributed by atoms with Crippen molar-refractivity contribution in [2.24, 2.45) is 0 Å². The number of benzene rings is 2. The molecule has 3 N–H and O–H groups in total. The Balaban J connectivity index is 1.61. The number of aromatic amines is 2. The highest BCUT2D eigenvalue weighted by molar-refractivity contribution is 7.99. The molecule has 192 valence electrons. The molecule has 0 bridgehead atoms. The molecule has 0 saturated heterocycles.